The van der Waals surface area contributed by atoms with Crippen LogP contribution in [-0.4, -0.2) is 17.7 Å². The fourth-order valence-electron chi connectivity index (χ4n) is 0.789. The number of hydrogen-bond acceptors (Lipinski definition) is 3. The highest BCUT2D eigenvalue weighted by atomic mass is 35.5. The first-order valence-electron chi connectivity index (χ1n) is 3.72. The van der Waals surface area contributed by atoms with Crippen LogP contribution < -0.4 is 11.1 Å². The molecule has 0 aliphatic heterocycles. The molecule has 0 aliphatic rings. The maximum Gasteiger partial charge on any atom is 0.405 e. The molecular formula is C7H6Cl2F3N3. The summed E-state index contributed by atoms with van der Waals surface area (Å²) in [6.45, 7) is -1.24. The first-order valence-corrected chi connectivity index (χ1v) is 4.47. The number of nitrogens with zero attached hydrogens (tertiary/aromatic N) is 1. The molecule has 1 aromatic heterocycles. The van der Waals surface area contributed by atoms with Crippen LogP contribution in [0.4, 0.5) is 24.8 Å². The number of anilines is 2. The van der Waals surface area contributed by atoms with Gasteiger partial charge in [-0.05, 0) is 6.07 Å². The summed E-state index contributed by atoms with van der Waals surface area (Å²) in [5.41, 5.74) is 5.31. The van der Waals surface area contributed by atoms with E-state index < -0.39 is 12.7 Å². The van der Waals surface area contributed by atoms with Gasteiger partial charge in [0.2, 0.25) is 0 Å². The summed E-state index contributed by atoms with van der Waals surface area (Å²) in [7, 11) is 0. The van der Waals surface area contributed by atoms with Crippen LogP contribution in [-0.2, 0) is 0 Å². The SMILES string of the molecule is Nc1nc(NCC(F)(F)F)c(Cl)cc1Cl. The third-order valence-electron chi connectivity index (χ3n) is 1.41. The van der Waals surface area contributed by atoms with Crippen molar-refractivity contribution in [3.05, 3.63) is 16.1 Å². The number of nitrogens with one attached hydrogen (secondary N) is 1. The van der Waals surface area contributed by atoms with E-state index in [0.29, 0.717) is 0 Å². The summed E-state index contributed by atoms with van der Waals surface area (Å²) in [5, 5.41) is 2.09. The Morgan fingerprint density at radius 1 is 1.33 bits per heavy atom. The second-order valence-electron chi connectivity index (χ2n) is 2.65. The number of rotatable bonds is 2. The Labute approximate surface area is 93.4 Å². The summed E-state index contributed by atoms with van der Waals surface area (Å²) in [5.74, 6) is -0.221. The van der Waals surface area contributed by atoms with Gasteiger partial charge in [-0.25, -0.2) is 4.98 Å². The second-order valence-corrected chi connectivity index (χ2v) is 3.47. The van der Waals surface area contributed by atoms with E-state index in [4.69, 9.17) is 28.9 Å². The minimum absolute atomic E-state index is 0.0153. The van der Waals surface area contributed by atoms with Crippen LogP contribution in [0.5, 0.6) is 0 Å². The molecule has 0 aliphatic carbocycles. The molecule has 0 aromatic carbocycles. The lowest BCUT2D eigenvalue weighted by atomic mass is 10.4. The van der Waals surface area contributed by atoms with Crippen molar-refractivity contribution >= 4 is 34.8 Å². The number of nitrogens with two attached hydrogens (primary N) is 1. The molecule has 3 nitrogen and oxygen atoms in total. The van der Waals surface area contributed by atoms with Gasteiger partial charge in [-0.3, -0.25) is 0 Å². The lowest BCUT2D eigenvalue weighted by molar-refractivity contribution is -0.115. The fraction of sp³-hybridized carbons (Fsp3) is 0.286. The van der Waals surface area contributed by atoms with E-state index in [1.165, 1.54) is 6.07 Å². The van der Waals surface area contributed by atoms with Crippen LogP contribution in [0.15, 0.2) is 6.07 Å². The van der Waals surface area contributed by atoms with Gasteiger partial charge < -0.3 is 11.1 Å². The normalized spacial score (nSPS) is 11.5. The van der Waals surface area contributed by atoms with Crippen LogP contribution in [0.25, 0.3) is 0 Å². The number of alkyl halides is 3. The van der Waals surface area contributed by atoms with Gasteiger partial charge in [0.05, 0.1) is 10.0 Å². The van der Waals surface area contributed by atoms with Crippen molar-refractivity contribution in [3.8, 4) is 0 Å². The average molecular weight is 260 g/mol. The fourth-order valence-corrected chi connectivity index (χ4v) is 1.21. The third kappa shape index (κ3) is 3.64. The van der Waals surface area contributed by atoms with E-state index in [9.17, 15) is 13.2 Å². The quantitative estimate of drug-likeness (QED) is 0.859. The Hall–Kier alpha value is -0.880. The monoisotopic (exact) mass is 259 g/mol. The van der Waals surface area contributed by atoms with Gasteiger partial charge in [-0.15, -0.1) is 0 Å². The Kier molecular flexibility index (Phi) is 3.51. The predicted octanol–water partition coefficient (Wildman–Crippen LogP) is 2.94. The smallest absolute Gasteiger partial charge is 0.382 e. The lowest BCUT2D eigenvalue weighted by Crippen LogP contribution is -2.22. The van der Waals surface area contributed by atoms with Crippen molar-refractivity contribution in [1.82, 2.24) is 4.98 Å². The summed E-state index contributed by atoms with van der Waals surface area (Å²) < 4.78 is 35.6. The molecule has 0 radical (unpaired) electrons. The van der Waals surface area contributed by atoms with Gasteiger partial charge in [0, 0.05) is 0 Å². The standard InChI is InChI=1S/C7H6Cl2F3N3/c8-3-1-4(9)6(15-5(3)13)14-2-7(10,11)12/h1H,2H2,(H3,13,14,15). The molecule has 1 heterocycles. The Balaban J connectivity index is 2.82. The molecule has 0 unspecified atom stereocenters. The van der Waals surface area contributed by atoms with Crippen molar-refractivity contribution in [3.63, 3.8) is 0 Å². The van der Waals surface area contributed by atoms with E-state index in [1.54, 1.807) is 0 Å². The van der Waals surface area contributed by atoms with E-state index in [1.807, 2.05) is 5.32 Å². The van der Waals surface area contributed by atoms with Crippen LogP contribution in [0.1, 0.15) is 0 Å². The Morgan fingerprint density at radius 3 is 2.47 bits per heavy atom. The minimum atomic E-state index is -4.35. The third-order valence-corrected chi connectivity index (χ3v) is 2.00. The van der Waals surface area contributed by atoms with Crippen LogP contribution in [0, 0.1) is 0 Å². The number of pyridine rings is 1. The molecule has 1 rings (SSSR count). The molecular weight excluding hydrogens is 254 g/mol. The second kappa shape index (κ2) is 4.32. The molecule has 0 saturated heterocycles. The van der Waals surface area contributed by atoms with Crippen LogP contribution in [0.2, 0.25) is 10.0 Å². The molecule has 0 spiro atoms. The summed E-state index contributed by atoms with van der Waals surface area (Å²) in [6.07, 6.45) is -4.35. The molecule has 8 heteroatoms. The zero-order chi connectivity index (χ0) is 11.6. The van der Waals surface area contributed by atoms with E-state index >= 15 is 0 Å². The number of hydrogen-bond donors (Lipinski definition) is 2. The van der Waals surface area contributed by atoms with E-state index in [-0.39, 0.29) is 21.7 Å². The highest BCUT2D eigenvalue weighted by Gasteiger charge is 2.27. The largest absolute Gasteiger partial charge is 0.405 e. The van der Waals surface area contributed by atoms with Gasteiger partial charge in [-0.1, -0.05) is 23.2 Å². The molecule has 3 N–H and O–H groups in total. The van der Waals surface area contributed by atoms with Crippen molar-refractivity contribution in [1.29, 1.82) is 0 Å². The van der Waals surface area contributed by atoms with Crippen LogP contribution in [0.3, 0.4) is 0 Å². The first-order chi connectivity index (χ1) is 6.79. The van der Waals surface area contributed by atoms with Crippen molar-refractivity contribution < 1.29 is 13.2 Å². The molecule has 0 amide bonds. The summed E-state index contributed by atoms with van der Waals surface area (Å²) in [4.78, 5) is 3.58. The Bertz CT molecular complexity index is 367. The molecule has 0 bridgehead atoms. The van der Waals surface area contributed by atoms with E-state index in [2.05, 4.69) is 4.98 Å². The van der Waals surface area contributed by atoms with Crippen molar-refractivity contribution in [2.75, 3.05) is 17.6 Å². The number of nitrogen functional groups attached to an aromatic ring is 1. The first kappa shape index (κ1) is 12.2. The maximum atomic E-state index is 11.9. The maximum absolute atomic E-state index is 11.9. The molecule has 0 fully saturated rings. The van der Waals surface area contributed by atoms with Crippen molar-refractivity contribution in [2.45, 2.75) is 6.18 Å². The predicted molar refractivity (Wildman–Crippen MR) is 53.2 cm³/mol. The summed E-state index contributed by atoms with van der Waals surface area (Å²) >= 11 is 11.2. The van der Waals surface area contributed by atoms with E-state index in [0.717, 1.165) is 0 Å². The highest BCUT2D eigenvalue weighted by Crippen LogP contribution is 2.28. The van der Waals surface area contributed by atoms with Gasteiger partial charge in [0.15, 0.2) is 0 Å². The van der Waals surface area contributed by atoms with Gasteiger partial charge >= 0.3 is 6.18 Å². The van der Waals surface area contributed by atoms with Crippen molar-refractivity contribution in [2.24, 2.45) is 0 Å². The van der Waals surface area contributed by atoms with Gasteiger partial charge in [0.1, 0.15) is 18.2 Å². The van der Waals surface area contributed by atoms with Gasteiger partial charge in [-0.2, -0.15) is 13.2 Å². The zero-order valence-corrected chi connectivity index (χ0v) is 8.71. The molecule has 84 valence electrons. The number of halogens is 5. The number of aromatic nitrogens is 1. The topological polar surface area (TPSA) is 50.9 Å². The minimum Gasteiger partial charge on any atom is -0.382 e. The lowest BCUT2D eigenvalue weighted by Gasteiger charge is -2.10. The molecule has 1 aromatic rings. The summed E-state index contributed by atoms with van der Waals surface area (Å²) in [6, 6.07) is 1.23. The van der Waals surface area contributed by atoms with Crippen LogP contribution >= 0.6 is 23.2 Å². The zero-order valence-electron chi connectivity index (χ0n) is 7.20. The van der Waals surface area contributed by atoms with Gasteiger partial charge in [0.25, 0.3) is 0 Å². The molecule has 0 saturated carbocycles. The molecule has 0 atom stereocenters. The Morgan fingerprint density at radius 2 is 1.93 bits per heavy atom. The average Bonchev–Trinajstić information content (AvgIpc) is 2.07. The molecule has 15 heavy (non-hydrogen) atoms. The highest BCUT2D eigenvalue weighted by molar-refractivity contribution is 6.37.